The van der Waals surface area contributed by atoms with Crippen molar-refractivity contribution >= 4 is 16.8 Å². The van der Waals surface area contributed by atoms with Crippen molar-refractivity contribution in [3.05, 3.63) is 52.7 Å². The molecule has 0 radical (unpaired) electrons. The quantitative estimate of drug-likeness (QED) is 0.549. The molecule has 3 heterocycles. The van der Waals surface area contributed by atoms with E-state index in [4.69, 9.17) is 9.84 Å². The number of ether oxygens (including phenoxy) is 1. The Balaban J connectivity index is 1.37. The zero-order valence-electron chi connectivity index (χ0n) is 18.0. The Morgan fingerprint density at radius 2 is 1.91 bits per heavy atom. The number of phenols is 1. The minimum atomic E-state index is -0.205. The predicted molar refractivity (Wildman–Crippen MR) is 119 cm³/mol. The number of nitrogens with zero attached hydrogens (tertiary/aromatic N) is 3. The molecule has 1 fully saturated rings. The van der Waals surface area contributed by atoms with Crippen molar-refractivity contribution in [2.75, 3.05) is 26.3 Å². The Morgan fingerprint density at radius 1 is 1.09 bits per heavy atom. The smallest absolute Gasteiger partial charge is 0.258 e. The number of carbonyl (C=O) groups is 1. The fourth-order valence-corrected chi connectivity index (χ4v) is 4.67. The number of benzene rings is 2. The van der Waals surface area contributed by atoms with Crippen LogP contribution >= 0.6 is 0 Å². The molecule has 1 aromatic heterocycles. The molecule has 1 saturated heterocycles. The summed E-state index contributed by atoms with van der Waals surface area (Å²) in [5.41, 5.74) is 4.02. The van der Waals surface area contributed by atoms with Crippen LogP contribution < -0.4 is 4.74 Å². The Bertz CT molecular complexity index is 1140. The number of aromatic amines is 1. The van der Waals surface area contributed by atoms with Gasteiger partial charge in [-0.2, -0.15) is 5.10 Å². The van der Waals surface area contributed by atoms with Gasteiger partial charge >= 0.3 is 0 Å². The molecular formula is C24H28N4O4. The van der Waals surface area contributed by atoms with Crippen molar-refractivity contribution in [1.82, 2.24) is 20.0 Å². The van der Waals surface area contributed by atoms with Crippen LogP contribution in [0.4, 0.5) is 0 Å². The molecule has 5 rings (SSSR count). The topological polar surface area (TPSA) is 102 Å². The number of fused-ring (bicyclic) bond motifs is 2. The monoisotopic (exact) mass is 436 g/mol. The number of aliphatic hydroxyl groups excluding tert-OH is 1. The molecule has 0 spiro atoms. The Hall–Kier alpha value is -3.10. The van der Waals surface area contributed by atoms with E-state index in [1.54, 1.807) is 17.0 Å². The molecule has 8 heteroatoms. The highest BCUT2D eigenvalue weighted by molar-refractivity contribution is 6.01. The van der Waals surface area contributed by atoms with Gasteiger partial charge in [0.1, 0.15) is 18.1 Å². The molecule has 8 nitrogen and oxygen atoms in total. The van der Waals surface area contributed by atoms with Gasteiger partial charge in [-0.1, -0.05) is 12.5 Å². The number of carbonyl (C=O) groups excluding carboxylic acids is 1. The lowest BCUT2D eigenvalue weighted by molar-refractivity contribution is 0.0748. The summed E-state index contributed by atoms with van der Waals surface area (Å²) in [6.07, 6.45) is 3.68. The van der Waals surface area contributed by atoms with Crippen LogP contribution in [-0.2, 0) is 19.6 Å². The summed E-state index contributed by atoms with van der Waals surface area (Å²) in [4.78, 5) is 17.4. The normalized spacial score (nSPS) is 16.5. The van der Waals surface area contributed by atoms with Crippen LogP contribution in [0.2, 0.25) is 0 Å². The number of hydrogen-bond donors (Lipinski definition) is 3. The number of rotatable bonds is 6. The lowest BCUT2D eigenvalue weighted by Crippen LogP contribution is -2.29. The van der Waals surface area contributed by atoms with E-state index in [2.05, 4.69) is 15.1 Å². The van der Waals surface area contributed by atoms with Crippen molar-refractivity contribution in [2.45, 2.75) is 38.9 Å². The molecule has 1 amide bonds. The number of aliphatic hydroxyl groups is 1. The number of likely N-dealkylation sites (tertiary alicyclic amines) is 1. The van der Waals surface area contributed by atoms with E-state index in [-0.39, 0.29) is 24.9 Å². The maximum atomic E-state index is 13.3. The summed E-state index contributed by atoms with van der Waals surface area (Å²) in [6.45, 7) is 4.00. The fraction of sp³-hybridized carbons (Fsp3) is 0.417. The molecule has 0 aliphatic carbocycles. The van der Waals surface area contributed by atoms with E-state index in [9.17, 15) is 9.90 Å². The van der Waals surface area contributed by atoms with Gasteiger partial charge in [0.05, 0.1) is 23.4 Å². The van der Waals surface area contributed by atoms with Gasteiger partial charge in [-0.3, -0.25) is 14.8 Å². The highest BCUT2D eigenvalue weighted by Gasteiger charge is 2.27. The molecule has 3 aromatic rings. The van der Waals surface area contributed by atoms with E-state index in [1.165, 1.54) is 19.3 Å². The van der Waals surface area contributed by atoms with Gasteiger partial charge in [0.25, 0.3) is 5.91 Å². The molecule has 0 atom stereocenters. The molecular weight excluding hydrogens is 408 g/mol. The summed E-state index contributed by atoms with van der Waals surface area (Å²) >= 11 is 0. The van der Waals surface area contributed by atoms with E-state index >= 15 is 0 Å². The summed E-state index contributed by atoms with van der Waals surface area (Å²) in [5, 5.41) is 27.9. The molecule has 2 aromatic carbocycles. The number of amides is 1. The average Bonchev–Trinajstić information content (AvgIpc) is 3.41. The van der Waals surface area contributed by atoms with Crippen LogP contribution in [0.25, 0.3) is 10.9 Å². The molecule has 2 aliphatic heterocycles. The van der Waals surface area contributed by atoms with E-state index in [1.807, 2.05) is 18.2 Å². The number of hydrogen-bond acceptors (Lipinski definition) is 6. The Labute approximate surface area is 186 Å². The summed E-state index contributed by atoms with van der Waals surface area (Å²) in [7, 11) is 0. The molecule has 0 saturated carbocycles. The maximum absolute atomic E-state index is 13.3. The lowest BCUT2D eigenvalue weighted by atomic mass is 10.1. The third-order valence-corrected chi connectivity index (χ3v) is 6.36. The maximum Gasteiger partial charge on any atom is 0.258 e. The molecule has 168 valence electrons. The first-order valence-corrected chi connectivity index (χ1v) is 11.2. The zero-order valence-corrected chi connectivity index (χ0v) is 18.0. The summed E-state index contributed by atoms with van der Waals surface area (Å²) < 4.78 is 5.49. The largest absolute Gasteiger partial charge is 0.507 e. The van der Waals surface area contributed by atoms with Crippen molar-refractivity contribution in [2.24, 2.45) is 0 Å². The standard InChI is InChI=1S/C24H28N4O4/c29-8-9-32-18-5-4-16-13-28(14-17(16)10-18)24(31)20-11-19-21(12-23(20)30)25-26-22(19)15-27-6-2-1-3-7-27/h4-5,10-12,29-30H,1-3,6-9,13-15H2,(H,25,26). The minimum Gasteiger partial charge on any atom is -0.507 e. The number of phenolic OH excluding ortho intramolecular Hbond substituents is 1. The van der Waals surface area contributed by atoms with E-state index in [0.29, 0.717) is 24.4 Å². The molecule has 0 unspecified atom stereocenters. The van der Waals surface area contributed by atoms with Crippen LogP contribution in [0.15, 0.2) is 30.3 Å². The number of H-pyrrole nitrogens is 1. The van der Waals surface area contributed by atoms with Gasteiger partial charge in [0, 0.05) is 31.1 Å². The van der Waals surface area contributed by atoms with Crippen molar-refractivity contribution < 1.29 is 19.7 Å². The molecule has 32 heavy (non-hydrogen) atoms. The van der Waals surface area contributed by atoms with Gasteiger partial charge in [-0.25, -0.2) is 0 Å². The van der Waals surface area contributed by atoms with E-state index < -0.39 is 0 Å². The predicted octanol–water partition coefficient (Wildman–Crippen LogP) is 2.78. The van der Waals surface area contributed by atoms with Crippen molar-refractivity contribution in [3.63, 3.8) is 0 Å². The second-order valence-electron chi connectivity index (χ2n) is 8.59. The van der Waals surface area contributed by atoms with Crippen molar-refractivity contribution in [3.8, 4) is 11.5 Å². The first kappa shape index (κ1) is 20.8. The van der Waals surface area contributed by atoms with Gasteiger partial charge in [-0.05, 0) is 55.3 Å². The summed E-state index contributed by atoms with van der Waals surface area (Å²) in [5.74, 6) is 0.430. The Kier molecular flexibility index (Phi) is 5.71. The lowest BCUT2D eigenvalue weighted by Gasteiger charge is -2.25. The Morgan fingerprint density at radius 3 is 2.72 bits per heavy atom. The number of aromatic nitrogens is 2. The molecule has 3 N–H and O–H groups in total. The fourth-order valence-electron chi connectivity index (χ4n) is 4.67. The SMILES string of the molecule is O=C(c1cc2c(CN3CCCCC3)n[nH]c2cc1O)N1Cc2ccc(OCCO)cc2C1. The van der Waals surface area contributed by atoms with Crippen molar-refractivity contribution in [1.29, 1.82) is 0 Å². The first-order valence-electron chi connectivity index (χ1n) is 11.2. The first-order chi connectivity index (χ1) is 15.6. The molecule has 2 aliphatic rings. The molecule has 0 bridgehead atoms. The average molecular weight is 437 g/mol. The van der Waals surface area contributed by atoms with E-state index in [0.717, 1.165) is 47.4 Å². The summed E-state index contributed by atoms with van der Waals surface area (Å²) in [6, 6.07) is 9.08. The minimum absolute atomic E-state index is 0.0430. The number of nitrogens with one attached hydrogen (secondary N) is 1. The van der Waals surface area contributed by atoms with Gasteiger partial charge in [-0.15, -0.1) is 0 Å². The van der Waals surface area contributed by atoms with Gasteiger partial charge < -0.3 is 19.8 Å². The third-order valence-electron chi connectivity index (χ3n) is 6.36. The second kappa shape index (κ2) is 8.80. The highest BCUT2D eigenvalue weighted by atomic mass is 16.5. The zero-order chi connectivity index (χ0) is 22.1. The van der Waals surface area contributed by atoms with Crippen LogP contribution in [0.3, 0.4) is 0 Å². The van der Waals surface area contributed by atoms with Gasteiger partial charge in [0.15, 0.2) is 0 Å². The number of aromatic hydroxyl groups is 1. The third kappa shape index (κ3) is 4.03. The van der Waals surface area contributed by atoms with Crippen LogP contribution in [0, 0.1) is 0 Å². The number of piperidine rings is 1. The highest BCUT2D eigenvalue weighted by Crippen LogP contribution is 2.32. The van der Waals surface area contributed by atoms with Crippen LogP contribution in [0.1, 0.15) is 46.4 Å². The van der Waals surface area contributed by atoms with Crippen LogP contribution in [0.5, 0.6) is 11.5 Å². The van der Waals surface area contributed by atoms with Crippen LogP contribution in [-0.4, -0.2) is 62.4 Å². The van der Waals surface area contributed by atoms with Gasteiger partial charge in [0.2, 0.25) is 0 Å². The second-order valence-corrected chi connectivity index (χ2v) is 8.59.